The summed E-state index contributed by atoms with van der Waals surface area (Å²) in [7, 11) is 0. The minimum atomic E-state index is -4.58. The molecule has 2 fully saturated rings. The van der Waals surface area contributed by atoms with E-state index in [0.29, 0.717) is 24.7 Å². The first-order chi connectivity index (χ1) is 9.93. The van der Waals surface area contributed by atoms with Gasteiger partial charge in [-0.3, -0.25) is 0 Å². The van der Waals surface area contributed by atoms with Crippen LogP contribution in [0.3, 0.4) is 0 Å². The first-order valence-corrected chi connectivity index (χ1v) is 6.61. The Balaban J connectivity index is 1.86. The van der Waals surface area contributed by atoms with Gasteiger partial charge in [0.15, 0.2) is 0 Å². The largest absolute Gasteiger partial charge is 0.453 e. The summed E-state index contributed by atoms with van der Waals surface area (Å²) in [5.74, 6) is -0.586. The number of hydrogen-bond acceptors (Lipinski definition) is 5. The third kappa shape index (κ3) is 1.87. The van der Waals surface area contributed by atoms with E-state index in [1.807, 2.05) is 0 Å². The van der Waals surface area contributed by atoms with E-state index < -0.39 is 12.0 Å². The number of nitrogens with zero attached hydrogens (tertiary/aromatic N) is 5. The molecule has 0 aliphatic carbocycles. The lowest BCUT2D eigenvalue weighted by Crippen LogP contribution is -2.64. The highest BCUT2D eigenvalue weighted by Gasteiger charge is 2.44. The fourth-order valence-corrected chi connectivity index (χ4v) is 2.98. The van der Waals surface area contributed by atoms with E-state index in [9.17, 15) is 13.2 Å². The predicted molar refractivity (Wildman–Crippen MR) is 66.0 cm³/mol. The maximum Gasteiger partial charge on any atom is 0.453 e. The molecular formula is C12H12F3N5O. The monoisotopic (exact) mass is 299 g/mol. The molecule has 0 spiro atoms. The molecule has 2 bridgehead atoms. The zero-order valence-corrected chi connectivity index (χ0v) is 11.1. The van der Waals surface area contributed by atoms with Gasteiger partial charge in [0, 0.05) is 11.8 Å². The quantitative estimate of drug-likeness (QED) is 0.797. The summed E-state index contributed by atoms with van der Waals surface area (Å²) in [5.41, 5.74) is 0.615. The molecule has 2 saturated heterocycles. The molecule has 2 aliphatic heterocycles. The SMILES string of the molecule is Cc1cc(N2[C@H]3COC[C@H]2C3)n2nc(C(F)(F)F)nc2n1. The molecule has 112 valence electrons. The normalized spacial score (nSPS) is 25.2. The average Bonchev–Trinajstić information content (AvgIpc) is 2.83. The Morgan fingerprint density at radius 1 is 1.24 bits per heavy atom. The maximum absolute atomic E-state index is 12.8. The van der Waals surface area contributed by atoms with E-state index in [1.54, 1.807) is 13.0 Å². The molecule has 21 heavy (non-hydrogen) atoms. The second-order valence-corrected chi connectivity index (χ2v) is 5.39. The lowest BCUT2D eigenvalue weighted by atomic mass is 9.91. The topological polar surface area (TPSA) is 55.6 Å². The van der Waals surface area contributed by atoms with E-state index in [1.165, 1.54) is 4.52 Å². The number of rotatable bonds is 1. The molecule has 2 aliphatic rings. The zero-order valence-electron chi connectivity index (χ0n) is 11.1. The standard InChI is InChI=1S/C12H12F3N5O/c1-6-2-9(19-7-3-8(19)5-21-4-7)20-11(16-6)17-10(18-20)12(13,14)15/h2,7-8H,3-5H2,1H3/t7-,8-/m1/s1. The number of anilines is 1. The van der Waals surface area contributed by atoms with Crippen molar-refractivity contribution in [2.24, 2.45) is 0 Å². The van der Waals surface area contributed by atoms with Gasteiger partial charge in [0.2, 0.25) is 0 Å². The van der Waals surface area contributed by atoms with Gasteiger partial charge < -0.3 is 9.64 Å². The number of morpholine rings is 1. The average molecular weight is 299 g/mol. The molecule has 2 aromatic rings. The molecule has 0 aromatic carbocycles. The fourth-order valence-electron chi connectivity index (χ4n) is 2.98. The Kier molecular flexibility index (Phi) is 2.48. The van der Waals surface area contributed by atoms with Crippen LogP contribution in [0, 0.1) is 6.92 Å². The summed E-state index contributed by atoms with van der Waals surface area (Å²) >= 11 is 0. The first-order valence-electron chi connectivity index (χ1n) is 6.61. The Bertz CT molecular complexity index is 699. The number of ether oxygens (including phenoxy) is 1. The Morgan fingerprint density at radius 3 is 2.57 bits per heavy atom. The van der Waals surface area contributed by atoms with E-state index in [0.717, 1.165) is 6.42 Å². The van der Waals surface area contributed by atoms with Gasteiger partial charge in [0.05, 0.1) is 25.3 Å². The van der Waals surface area contributed by atoms with Crippen LogP contribution in [0.1, 0.15) is 17.9 Å². The van der Waals surface area contributed by atoms with E-state index >= 15 is 0 Å². The summed E-state index contributed by atoms with van der Waals surface area (Å²) in [6, 6.07) is 2.12. The van der Waals surface area contributed by atoms with Gasteiger partial charge in [-0.25, -0.2) is 4.98 Å². The van der Waals surface area contributed by atoms with Crippen LogP contribution in [0.15, 0.2) is 6.07 Å². The molecule has 0 radical (unpaired) electrons. The van der Waals surface area contributed by atoms with Gasteiger partial charge in [-0.05, 0) is 13.3 Å². The fraction of sp³-hybridized carbons (Fsp3) is 0.583. The van der Waals surface area contributed by atoms with Crippen LogP contribution in [0.5, 0.6) is 0 Å². The number of aryl methyl sites for hydroxylation is 1. The van der Waals surface area contributed by atoms with Crippen LogP contribution in [-0.4, -0.2) is 44.9 Å². The predicted octanol–water partition coefficient (Wildman–Crippen LogP) is 1.43. The van der Waals surface area contributed by atoms with Crippen molar-refractivity contribution in [3.8, 4) is 0 Å². The number of aromatic nitrogens is 4. The van der Waals surface area contributed by atoms with Gasteiger partial charge >= 0.3 is 6.18 Å². The Labute approximate surface area is 117 Å². The molecule has 9 heteroatoms. The van der Waals surface area contributed by atoms with E-state index in [-0.39, 0.29) is 17.9 Å². The minimum Gasteiger partial charge on any atom is -0.377 e. The molecule has 4 rings (SSSR count). The lowest BCUT2D eigenvalue weighted by Gasteiger charge is -2.53. The molecule has 2 atom stereocenters. The molecule has 0 amide bonds. The third-order valence-electron chi connectivity index (χ3n) is 3.89. The van der Waals surface area contributed by atoms with Crippen LogP contribution in [0.2, 0.25) is 0 Å². The van der Waals surface area contributed by atoms with Gasteiger partial charge in [0.25, 0.3) is 11.6 Å². The second-order valence-electron chi connectivity index (χ2n) is 5.39. The molecule has 4 heterocycles. The maximum atomic E-state index is 12.8. The smallest absolute Gasteiger partial charge is 0.377 e. The molecular weight excluding hydrogens is 287 g/mol. The van der Waals surface area contributed by atoms with E-state index in [4.69, 9.17) is 4.74 Å². The van der Waals surface area contributed by atoms with Crippen LogP contribution in [0.25, 0.3) is 5.78 Å². The van der Waals surface area contributed by atoms with Crippen molar-refractivity contribution >= 4 is 11.6 Å². The summed E-state index contributed by atoms with van der Waals surface area (Å²) < 4.78 is 44.9. The van der Waals surface area contributed by atoms with Gasteiger partial charge in [0.1, 0.15) is 5.82 Å². The van der Waals surface area contributed by atoms with Gasteiger partial charge in [-0.1, -0.05) is 0 Å². The highest BCUT2D eigenvalue weighted by Crippen LogP contribution is 2.36. The first kappa shape index (κ1) is 12.8. The number of halogens is 3. The summed E-state index contributed by atoms with van der Waals surface area (Å²) in [6.45, 7) is 2.90. The molecule has 0 N–H and O–H groups in total. The van der Waals surface area contributed by atoms with Crippen LogP contribution in [0.4, 0.5) is 19.0 Å². The molecule has 2 aromatic heterocycles. The van der Waals surface area contributed by atoms with Crippen molar-refractivity contribution in [2.45, 2.75) is 31.6 Å². The van der Waals surface area contributed by atoms with Crippen molar-refractivity contribution in [2.75, 3.05) is 18.1 Å². The number of hydrogen-bond donors (Lipinski definition) is 0. The number of fused-ring (bicyclic) bond motifs is 3. The van der Waals surface area contributed by atoms with Crippen LogP contribution in [-0.2, 0) is 10.9 Å². The molecule has 0 unspecified atom stereocenters. The molecule has 6 nitrogen and oxygen atoms in total. The number of alkyl halides is 3. The van der Waals surface area contributed by atoms with Crippen molar-refractivity contribution in [1.82, 2.24) is 19.6 Å². The highest BCUT2D eigenvalue weighted by molar-refractivity contribution is 5.52. The summed E-state index contributed by atoms with van der Waals surface area (Å²) in [5, 5.41) is 3.59. The zero-order chi connectivity index (χ0) is 14.8. The Morgan fingerprint density at radius 2 is 1.95 bits per heavy atom. The Hall–Kier alpha value is -1.90. The summed E-state index contributed by atoms with van der Waals surface area (Å²) in [6.07, 6.45) is -3.59. The highest BCUT2D eigenvalue weighted by atomic mass is 19.4. The van der Waals surface area contributed by atoms with Crippen molar-refractivity contribution < 1.29 is 17.9 Å². The third-order valence-corrected chi connectivity index (χ3v) is 3.89. The van der Waals surface area contributed by atoms with Crippen molar-refractivity contribution in [3.05, 3.63) is 17.6 Å². The second kappa shape index (κ2) is 4.06. The minimum absolute atomic E-state index is 0.0248. The van der Waals surface area contributed by atoms with Crippen LogP contribution >= 0.6 is 0 Å². The van der Waals surface area contributed by atoms with Crippen molar-refractivity contribution in [3.63, 3.8) is 0 Å². The van der Waals surface area contributed by atoms with E-state index in [2.05, 4.69) is 20.0 Å². The van der Waals surface area contributed by atoms with Crippen LogP contribution < -0.4 is 4.90 Å². The van der Waals surface area contributed by atoms with Crippen molar-refractivity contribution in [1.29, 1.82) is 0 Å². The molecule has 0 saturated carbocycles. The van der Waals surface area contributed by atoms with Gasteiger partial charge in [-0.2, -0.15) is 22.7 Å². The van der Waals surface area contributed by atoms with Gasteiger partial charge in [-0.15, -0.1) is 5.10 Å². The lowest BCUT2D eigenvalue weighted by molar-refractivity contribution is -0.144. The summed E-state index contributed by atoms with van der Waals surface area (Å²) in [4.78, 5) is 9.59.